The maximum absolute atomic E-state index is 16.2. The summed E-state index contributed by atoms with van der Waals surface area (Å²) >= 11 is 0. The van der Waals surface area contributed by atoms with Crippen LogP contribution in [0.25, 0.3) is 16.5 Å². The van der Waals surface area contributed by atoms with Crippen molar-refractivity contribution in [3.63, 3.8) is 0 Å². The summed E-state index contributed by atoms with van der Waals surface area (Å²) in [7, 11) is 1.61. The molecule has 10 nitrogen and oxygen atoms in total. The number of benzene rings is 1. The van der Waals surface area contributed by atoms with Crippen LogP contribution in [0.2, 0.25) is 0 Å². The molecule has 2 N–H and O–H groups in total. The fraction of sp³-hybridized carbons (Fsp3) is 0.447. The molecule has 49 heavy (non-hydrogen) atoms. The number of hydrogen-bond donors (Lipinski definition) is 1. The standard InChI is InChI=1S/C38H44FN7O3/c1-24-23-49-38-35(26-10-14-43(15-11-26)28-5-6-28)32(39)17-31-36(38)46(24)21-27(37(31)47)20-45(19-25-9-12-41-34(16-25)48-2)30-4-3-13-44(22-30)29-7-8-33(40)42-18-29/h7-10,12,16-18,21,24,28,30H,3-6,11,13-15,19-20,22-23H2,1-2H3,(H2,40,42)/t24?,30-/m0/s1. The van der Waals surface area contributed by atoms with Crippen LogP contribution in [-0.4, -0.2) is 76.3 Å². The zero-order valence-electron chi connectivity index (χ0n) is 28.3. The molecule has 0 amide bonds. The predicted octanol–water partition coefficient (Wildman–Crippen LogP) is 5.40. The first-order valence-corrected chi connectivity index (χ1v) is 17.5. The lowest BCUT2D eigenvalue weighted by Crippen LogP contribution is -2.48. The van der Waals surface area contributed by atoms with Gasteiger partial charge in [0.1, 0.15) is 18.2 Å². The zero-order valence-corrected chi connectivity index (χ0v) is 28.3. The SMILES string of the molecule is COc1cc(CN(Cc2cn3c4c(c(C5=CCN(C6CC6)CC5)c(F)cc4c2=O)OCC3C)[C@H]2CCCN(c3ccc(N)nc3)C2)ccn1. The first-order valence-electron chi connectivity index (χ1n) is 17.5. The molecule has 3 aromatic heterocycles. The summed E-state index contributed by atoms with van der Waals surface area (Å²) in [6, 6.07) is 10.0. The van der Waals surface area contributed by atoms with Crippen molar-refractivity contribution in [1.29, 1.82) is 0 Å². The Bertz CT molecular complexity index is 1960. The number of nitrogens with two attached hydrogens (primary N) is 1. The smallest absolute Gasteiger partial charge is 0.213 e. The highest BCUT2D eigenvalue weighted by Crippen LogP contribution is 2.42. The minimum Gasteiger partial charge on any atom is -0.488 e. The maximum Gasteiger partial charge on any atom is 0.213 e. The lowest BCUT2D eigenvalue weighted by Gasteiger charge is -2.40. The van der Waals surface area contributed by atoms with Gasteiger partial charge >= 0.3 is 0 Å². The van der Waals surface area contributed by atoms with Gasteiger partial charge in [-0.2, -0.15) is 0 Å². The fourth-order valence-electron chi connectivity index (χ4n) is 7.88. The van der Waals surface area contributed by atoms with Crippen LogP contribution in [0.4, 0.5) is 15.9 Å². The van der Waals surface area contributed by atoms with E-state index in [-0.39, 0.29) is 23.3 Å². The average molecular weight is 666 g/mol. The van der Waals surface area contributed by atoms with Gasteiger partial charge in [0.25, 0.3) is 0 Å². The molecule has 256 valence electrons. The van der Waals surface area contributed by atoms with Gasteiger partial charge in [-0.1, -0.05) is 6.08 Å². The number of ether oxygens (including phenoxy) is 2. The third kappa shape index (κ3) is 6.25. The van der Waals surface area contributed by atoms with Crippen LogP contribution in [0.15, 0.2) is 59.8 Å². The Morgan fingerprint density at radius 1 is 1.12 bits per heavy atom. The van der Waals surface area contributed by atoms with Gasteiger partial charge < -0.3 is 24.7 Å². The summed E-state index contributed by atoms with van der Waals surface area (Å²) in [5.74, 6) is 1.16. The van der Waals surface area contributed by atoms with E-state index >= 15 is 4.39 Å². The first kappa shape index (κ1) is 31.8. The van der Waals surface area contributed by atoms with Gasteiger partial charge in [0.05, 0.1) is 41.5 Å². The summed E-state index contributed by atoms with van der Waals surface area (Å²) in [6.45, 7) is 6.94. The molecule has 2 fully saturated rings. The van der Waals surface area contributed by atoms with E-state index in [1.165, 1.54) is 18.9 Å². The average Bonchev–Trinajstić information content (AvgIpc) is 3.98. The van der Waals surface area contributed by atoms with Gasteiger partial charge in [0.2, 0.25) is 5.88 Å². The Kier molecular flexibility index (Phi) is 8.49. The Morgan fingerprint density at radius 3 is 2.76 bits per heavy atom. The van der Waals surface area contributed by atoms with E-state index in [0.29, 0.717) is 65.2 Å². The van der Waals surface area contributed by atoms with Crippen LogP contribution in [0.3, 0.4) is 0 Å². The molecule has 0 radical (unpaired) electrons. The van der Waals surface area contributed by atoms with Crippen molar-refractivity contribution < 1.29 is 13.9 Å². The second kappa shape index (κ2) is 13.1. The van der Waals surface area contributed by atoms with Crippen LogP contribution >= 0.6 is 0 Å². The van der Waals surface area contributed by atoms with Gasteiger partial charge in [-0.25, -0.2) is 14.4 Å². The van der Waals surface area contributed by atoms with Crippen molar-refractivity contribution in [3.8, 4) is 11.6 Å². The Balaban J connectivity index is 1.16. The lowest BCUT2D eigenvalue weighted by atomic mass is 9.94. The lowest BCUT2D eigenvalue weighted by molar-refractivity contribution is 0.157. The normalized spacial score (nSPS) is 21.1. The number of halogens is 1. The molecular weight excluding hydrogens is 621 g/mol. The van der Waals surface area contributed by atoms with Crippen LogP contribution in [0.1, 0.15) is 61.8 Å². The number of hydrogen-bond acceptors (Lipinski definition) is 9. The van der Waals surface area contributed by atoms with E-state index in [4.69, 9.17) is 15.2 Å². The highest BCUT2D eigenvalue weighted by Gasteiger charge is 2.33. The van der Waals surface area contributed by atoms with E-state index < -0.39 is 0 Å². The summed E-state index contributed by atoms with van der Waals surface area (Å²) < 4.78 is 30.1. The topological polar surface area (TPSA) is 102 Å². The van der Waals surface area contributed by atoms with E-state index in [1.54, 1.807) is 13.3 Å². The van der Waals surface area contributed by atoms with Crippen molar-refractivity contribution in [2.24, 2.45) is 0 Å². The van der Waals surface area contributed by atoms with Crippen LogP contribution in [0, 0.1) is 5.82 Å². The summed E-state index contributed by atoms with van der Waals surface area (Å²) in [5, 5.41) is 0.375. The molecule has 0 spiro atoms. The second-order valence-electron chi connectivity index (χ2n) is 14.0. The Morgan fingerprint density at radius 2 is 2.00 bits per heavy atom. The molecule has 2 atom stereocenters. The van der Waals surface area contributed by atoms with Gasteiger partial charge in [0.15, 0.2) is 11.2 Å². The third-order valence-electron chi connectivity index (χ3n) is 10.7. The molecule has 4 aliphatic rings. The molecule has 6 heterocycles. The molecule has 1 saturated heterocycles. The summed E-state index contributed by atoms with van der Waals surface area (Å²) in [6.07, 6.45) is 13.0. The van der Waals surface area contributed by atoms with Gasteiger partial charge in [-0.15, -0.1) is 0 Å². The molecule has 1 aliphatic carbocycles. The monoisotopic (exact) mass is 665 g/mol. The van der Waals surface area contributed by atoms with Crippen LogP contribution in [-0.2, 0) is 13.1 Å². The number of nitrogens with zero attached hydrogens (tertiary/aromatic N) is 6. The number of methoxy groups -OCH3 is 1. The van der Waals surface area contributed by atoms with Gasteiger partial charge in [-0.3, -0.25) is 14.6 Å². The van der Waals surface area contributed by atoms with Crippen LogP contribution in [0.5, 0.6) is 11.6 Å². The van der Waals surface area contributed by atoms with Gasteiger partial charge in [0, 0.05) is 75.4 Å². The molecule has 1 unspecified atom stereocenters. The summed E-state index contributed by atoms with van der Waals surface area (Å²) in [4.78, 5) is 30.2. The molecule has 4 aromatic rings. The fourth-order valence-corrected chi connectivity index (χ4v) is 7.88. The third-order valence-corrected chi connectivity index (χ3v) is 10.7. The first-order chi connectivity index (χ1) is 23.9. The number of aromatic nitrogens is 3. The Labute approximate surface area is 285 Å². The number of nitrogen functional groups attached to an aromatic ring is 1. The van der Waals surface area contributed by atoms with Crippen molar-refractivity contribution in [2.45, 2.75) is 70.2 Å². The highest BCUT2D eigenvalue weighted by molar-refractivity contribution is 5.92. The van der Waals surface area contributed by atoms with E-state index in [1.807, 2.05) is 36.7 Å². The van der Waals surface area contributed by atoms with Crippen molar-refractivity contribution in [1.82, 2.24) is 24.3 Å². The van der Waals surface area contributed by atoms with Crippen molar-refractivity contribution >= 4 is 28.0 Å². The summed E-state index contributed by atoms with van der Waals surface area (Å²) in [5.41, 5.74) is 10.6. The van der Waals surface area contributed by atoms with E-state index in [9.17, 15) is 4.79 Å². The number of rotatable bonds is 9. The molecule has 8 rings (SSSR count). The van der Waals surface area contributed by atoms with E-state index in [2.05, 4.69) is 42.2 Å². The number of pyridine rings is 3. The predicted molar refractivity (Wildman–Crippen MR) is 189 cm³/mol. The molecule has 11 heteroatoms. The van der Waals surface area contributed by atoms with Crippen molar-refractivity contribution in [2.75, 3.05) is 50.5 Å². The Hall–Kier alpha value is -4.48. The number of anilines is 2. The molecule has 3 aliphatic heterocycles. The molecule has 0 bridgehead atoms. The second-order valence-corrected chi connectivity index (χ2v) is 14.0. The quantitative estimate of drug-likeness (QED) is 0.252. The number of piperidine rings is 1. The van der Waals surface area contributed by atoms with Gasteiger partial charge in [-0.05, 0) is 74.4 Å². The van der Waals surface area contributed by atoms with E-state index in [0.717, 1.165) is 62.3 Å². The molecular formula is C38H44FN7O3. The molecule has 1 aromatic carbocycles. The minimum atomic E-state index is -0.384. The zero-order chi connectivity index (χ0) is 33.6. The minimum absolute atomic E-state index is 0.0144. The maximum atomic E-state index is 16.2. The van der Waals surface area contributed by atoms with Crippen LogP contribution < -0.4 is 25.5 Å². The van der Waals surface area contributed by atoms with Crippen molar-refractivity contribution in [3.05, 3.63) is 87.7 Å². The highest BCUT2D eigenvalue weighted by atomic mass is 19.1. The largest absolute Gasteiger partial charge is 0.488 e. The molecule has 1 saturated carbocycles.